The van der Waals surface area contributed by atoms with Gasteiger partial charge in [0.25, 0.3) is 0 Å². The summed E-state index contributed by atoms with van der Waals surface area (Å²) in [6.07, 6.45) is 7.02. The summed E-state index contributed by atoms with van der Waals surface area (Å²) in [6.45, 7) is 0. The molecular weight excluding hydrogens is 318 g/mol. The molecule has 0 aliphatic heterocycles. The molecule has 3 aromatic rings. The summed E-state index contributed by atoms with van der Waals surface area (Å²) in [6, 6.07) is 7.86. The molecule has 0 amide bonds. The minimum Gasteiger partial charge on any atom is -0.349 e. The third kappa shape index (κ3) is 2.70. The Labute approximate surface area is 124 Å². The maximum Gasteiger partial charge on any atom is 0.134 e. The number of nitrogens with zero attached hydrogens (tertiary/aromatic N) is 4. The monoisotopic (exact) mass is 329 g/mol. The number of nitrogens with one attached hydrogen (secondary N) is 1. The molecule has 0 saturated heterocycles. The van der Waals surface area contributed by atoms with E-state index in [0.717, 1.165) is 27.4 Å². The van der Waals surface area contributed by atoms with Gasteiger partial charge >= 0.3 is 0 Å². The van der Waals surface area contributed by atoms with Crippen LogP contribution in [0, 0.1) is 0 Å². The van der Waals surface area contributed by atoms with Crippen molar-refractivity contribution in [1.29, 1.82) is 0 Å². The van der Waals surface area contributed by atoms with Crippen LogP contribution in [0.2, 0.25) is 0 Å². The Kier molecular flexibility index (Phi) is 3.47. The molecule has 0 unspecified atom stereocenters. The summed E-state index contributed by atoms with van der Waals surface area (Å²) in [5.74, 6) is 0.733. The van der Waals surface area contributed by atoms with Gasteiger partial charge in [0.15, 0.2) is 0 Å². The van der Waals surface area contributed by atoms with Crippen LogP contribution in [0.5, 0.6) is 0 Å². The van der Waals surface area contributed by atoms with Crippen LogP contribution in [0.4, 0.5) is 11.5 Å². The van der Waals surface area contributed by atoms with Gasteiger partial charge in [-0.3, -0.25) is 4.98 Å². The zero-order chi connectivity index (χ0) is 13.9. The highest BCUT2D eigenvalue weighted by Gasteiger charge is 2.05. The van der Waals surface area contributed by atoms with Gasteiger partial charge in [-0.05, 0) is 34.1 Å². The van der Waals surface area contributed by atoms with Crippen LogP contribution in [-0.2, 0) is 7.05 Å². The lowest BCUT2D eigenvalue weighted by Gasteiger charge is -2.07. The fourth-order valence-electron chi connectivity index (χ4n) is 1.92. The Hall–Kier alpha value is -2.21. The highest BCUT2D eigenvalue weighted by atomic mass is 79.9. The van der Waals surface area contributed by atoms with Crippen LogP contribution in [0.25, 0.3) is 11.4 Å². The van der Waals surface area contributed by atoms with E-state index in [1.54, 1.807) is 18.7 Å². The van der Waals surface area contributed by atoms with Crippen molar-refractivity contribution in [2.45, 2.75) is 0 Å². The molecular formula is C14H12BrN5. The van der Waals surface area contributed by atoms with Gasteiger partial charge < -0.3 is 9.88 Å². The third-order valence-electron chi connectivity index (χ3n) is 2.85. The first-order valence-electron chi connectivity index (χ1n) is 6.04. The number of rotatable bonds is 3. The van der Waals surface area contributed by atoms with Gasteiger partial charge in [0, 0.05) is 30.0 Å². The molecule has 20 heavy (non-hydrogen) atoms. The smallest absolute Gasteiger partial charge is 0.134 e. The number of hydrogen-bond acceptors (Lipinski definition) is 4. The molecule has 0 saturated carbocycles. The molecule has 3 aromatic heterocycles. The Balaban J connectivity index is 1.90. The van der Waals surface area contributed by atoms with E-state index in [4.69, 9.17) is 0 Å². The molecule has 0 aliphatic rings. The molecule has 0 atom stereocenters. The minimum atomic E-state index is 0.733. The average molecular weight is 330 g/mol. The normalized spacial score (nSPS) is 10.5. The van der Waals surface area contributed by atoms with Crippen LogP contribution in [0.1, 0.15) is 0 Å². The van der Waals surface area contributed by atoms with Gasteiger partial charge in [-0.25, -0.2) is 9.97 Å². The van der Waals surface area contributed by atoms with Gasteiger partial charge in [-0.1, -0.05) is 0 Å². The van der Waals surface area contributed by atoms with Crippen molar-refractivity contribution in [3.05, 3.63) is 53.7 Å². The molecule has 5 nitrogen and oxygen atoms in total. The molecule has 3 heterocycles. The molecule has 1 N–H and O–H groups in total. The van der Waals surface area contributed by atoms with Crippen LogP contribution in [0.3, 0.4) is 0 Å². The zero-order valence-corrected chi connectivity index (χ0v) is 12.4. The quantitative estimate of drug-likeness (QED) is 0.800. The van der Waals surface area contributed by atoms with E-state index >= 15 is 0 Å². The summed E-state index contributed by atoms with van der Waals surface area (Å²) in [5, 5.41) is 3.21. The van der Waals surface area contributed by atoms with Crippen molar-refractivity contribution in [2.75, 3.05) is 5.32 Å². The second-order valence-corrected chi connectivity index (χ2v) is 5.23. The number of halogens is 1. The molecule has 0 aromatic carbocycles. The second kappa shape index (κ2) is 5.42. The predicted molar refractivity (Wildman–Crippen MR) is 81.7 cm³/mol. The Morgan fingerprint density at radius 1 is 1.20 bits per heavy atom. The highest BCUT2D eigenvalue weighted by molar-refractivity contribution is 9.10. The molecule has 0 aliphatic carbocycles. The SMILES string of the molecule is Cn1cccc1-c1cc(Nc2cncc(Br)c2)ncn1. The van der Waals surface area contributed by atoms with Crippen molar-refractivity contribution in [3.63, 3.8) is 0 Å². The largest absolute Gasteiger partial charge is 0.349 e. The lowest BCUT2D eigenvalue weighted by Crippen LogP contribution is -1.98. The fourth-order valence-corrected chi connectivity index (χ4v) is 2.29. The minimum absolute atomic E-state index is 0.733. The van der Waals surface area contributed by atoms with Crippen molar-refractivity contribution in [3.8, 4) is 11.4 Å². The first-order chi connectivity index (χ1) is 9.72. The molecule has 6 heteroatoms. The van der Waals surface area contributed by atoms with Crippen LogP contribution in [-0.4, -0.2) is 19.5 Å². The van der Waals surface area contributed by atoms with Crippen molar-refractivity contribution < 1.29 is 0 Å². The van der Waals surface area contributed by atoms with Gasteiger partial charge in [0.2, 0.25) is 0 Å². The molecule has 3 rings (SSSR count). The predicted octanol–water partition coefficient (Wildman–Crippen LogP) is 3.38. The highest BCUT2D eigenvalue weighted by Crippen LogP contribution is 2.22. The van der Waals surface area contributed by atoms with E-state index in [1.165, 1.54) is 0 Å². The van der Waals surface area contributed by atoms with Gasteiger partial charge in [-0.2, -0.15) is 0 Å². The summed E-state index contributed by atoms with van der Waals surface area (Å²) >= 11 is 3.39. The van der Waals surface area contributed by atoms with Crippen molar-refractivity contribution >= 4 is 27.4 Å². The summed E-state index contributed by atoms with van der Waals surface area (Å²) in [4.78, 5) is 12.6. The molecule has 0 bridgehead atoms. The molecule has 0 radical (unpaired) electrons. The van der Waals surface area contributed by atoms with Gasteiger partial charge in [0.1, 0.15) is 12.1 Å². The number of aryl methyl sites for hydroxylation is 1. The van der Waals surface area contributed by atoms with E-state index < -0.39 is 0 Å². The van der Waals surface area contributed by atoms with E-state index in [0.29, 0.717) is 0 Å². The lowest BCUT2D eigenvalue weighted by atomic mass is 10.3. The zero-order valence-electron chi connectivity index (χ0n) is 10.8. The topological polar surface area (TPSA) is 55.6 Å². The fraction of sp³-hybridized carbons (Fsp3) is 0.0714. The van der Waals surface area contributed by atoms with Crippen molar-refractivity contribution in [1.82, 2.24) is 19.5 Å². The number of anilines is 2. The van der Waals surface area contributed by atoms with Crippen LogP contribution in [0.15, 0.2) is 53.7 Å². The van der Waals surface area contributed by atoms with E-state index in [-0.39, 0.29) is 0 Å². The second-order valence-electron chi connectivity index (χ2n) is 4.31. The Bertz CT molecular complexity index is 738. The Morgan fingerprint density at radius 3 is 2.85 bits per heavy atom. The van der Waals surface area contributed by atoms with Gasteiger partial charge in [0.05, 0.1) is 23.3 Å². The van der Waals surface area contributed by atoms with Crippen LogP contribution < -0.4 is 5.32 Å². The van der Waals surface area contributed by atoms with E-state index in [9.17, 15) is 0 Å². The number of pyridine rings is 1. The third-order valence-corrected chi connectivity index (χ3v) is 3.28. The number of aromatic nitrogens is 4. The first kappa shape index (κ1) is 12.8. The van der Waals surface area contributed by atoms with E-state index in [2.05, 4.69) is 36.2 Å². The lowest BCUT2D eigenvalue weighted by molar-refractivity contribution is 0.929. The average Bonchev–Trinajstić information content (AvgIpc) is 2.85. The van der Waals surface area contributed by atoms with Crippen molar-refractivity contribution in [2.24, 2.45) is 7.05 Å². The first-order valence-corrected chi connectivity index (χ1v) is 6.83. The molecule has 0 fully saturated rings. The molecule has 0 spiro atoms. The van der Waals surface area contributed by atoms with Crippen LogP contribution >= 0.6 is 15.9 Å². The van der Waals surface area contributed by atoms with E-state index in [1.807, 2.05) is 42.1 Å². The van der Waals surface area contributed by atoms with Gasteiger partial charge in [-0.15, -0.1) is 0 Å². The summed E-state index contributed by atoms with van der Waals surface area (Å²) in [5.41, 5.74) is 2.79. The summed E-state index contributed by atoms with van der Waals surface area (Å²) in [7, 11) is 1.99. The summed E-state index contributed by atoms with van der Waals surface area (Å²) < 4.78 is 2.94. The number of hydrogen-bond donors (Lipinski definition) is 1. The maximum atomic E-state index is 4.31. The standard InChI is InChI=1S/C14H12BrN5/c1-20-4-2-3-13(20)12-6-14(18-9-17-12)19-11-5-10(15)7-16-8-11/h2-9H,1H3,(H,17,18,19). The molecule has 100 valence electrons. The maximum absolute atomic E-state index is 4.31. The Morgan fingerprint density at radius 2 is 2.10 bits per heavy atom.